The van der Waals surface area contributed by atoms with E-state index in [2.05, 4.69) is 26.8 Å². The predicted octanol–water partition coefficient (Wildman–Crippen LogP) is 3.79. The van der Waals surface area contributed by atoms with Crippen LogP contribution >= 0.6 is 0 Å². The maximum Gasteiger partial charge on any atom is 0.331 e. The van der Waals surface area contributed by atoms with Gasteiger partial charge < -0.3 is 5.11 Å². The van der Waals surface area contributed by atoms with Crippen LogP contribution in [0.1, 0.15) is 46.5 Å². The minimum Gasteiger partial charge on any atom is -0.478 e. The van der Waals surface area contributed by atoms with E-state index in [1.165, 1.54) is 18.4 Å². The Kier molecular flexibility index (Phi) is 3.15. The van der Waals surface area contributed by atoms with E-state index in [-0.39, 0.29) is 0 Å². The van der Waals surface area contributed by atoms with Crippen LogP contribution in [-0.4, -0.2) is 11.1 Å². The summed E-state index contributed by atoms with van der Waals surface area (Å²) in [6.45, 7) is 6.68. The van der Waals surface area contributed by atoms with Gasteiger partial charge in [-0.3, -0.25) is 0 Å². The van der Waals surface area contributed by atoms with Crippen molar-refractivity contribution < 1.29 is 9.90 Å². The molecule has 1 saturated carbocycles. The van der Waals surface area contributed by atoms with Gasteiger partial charge in [-0.25, -0.2) is 4.79 Å². The first-order valence-electron chi connectivity index (χ1n) is 6.52. The number of carboxylic acids is 1. The molecule has 0 heterocycles. The van der Waals surface area contributed by atoms with Gasteiger partial charge in [0.05, 0.1) is 0 Å². The molecule has 2 aliphatic rings. The molecule has 0 radical (unpaired) electrons. The quantitative estimate of drug-likeness (QED) is 0.701. The highest BCUT2D eigenvalue weighted by Gasteiger charge is 2.55. The molecule has 2 atom stereocenters. The fourth-order valence-electron chi connectivity index (χ4n) is 3.11. The highest BCUT2D eigenvalue weighted by atomic mass is 16.4. The molecule has 1 fully saturated rings. The Balaban J connectivity index is 2.22. The first-order chi connectivity index (χ1) is 7.93. The summed E-state index contributed by atoms with van der Waals surface area (Å²) in [4.78, 5) is 11.2. The van der Waals surface area contributed by atoms with E-state index in [9.17, 15) is 9.90 Å². The molecule has 0 aromatic heterocycles. The molecule has 2 unspecified atom stereocenters. The highest BCUT2D eigenvalue weighted by molar-refractivity contribution is 5.86. The summed E-state index contributed by atoms with van der Waals surface area (Å²) >= 11 is 0. The van der Waals surface area contributed by atoms with Crippen LogP contribution in [0.3, 0.4) is 0 Å². The van der Waals surface area contributed by atoms with Crippen molar-refractivity contribution in [3.8, 4) is 0 Å². The van der Waals surface area contributed by atoms with Gasteiger partial charge in [-0.2, -0.15) is 0 Å². The summed E-state index contributed by atoms with van der Waals surface area (Å²) in [5, 5.41) is 9.20. The zero-order chi connectivity index (χ0) is 12.6. The van der Waals surface area contributed by atoms with Gasteiger partial charge in [0.2, 0.25) is 0 Å². The zero-order valence-electron chi connectivity index (χ0n) is 11.0. The summed E-state index contributed by atoms with van der Waals surface area (Å²) in [7, 11) is 0. The van der Waals surface area contributed by atoms with Gasteiger partial charge in [0, 0.05) is 5.57 Å². The van der Waals surface area contributed by atoms with Crippen LogP contribution in [0.4, 0.5) is 0 Å². The van der Waals surface area contributed by atoms with Gasteiger partial charge in [0.15, 0.2) is 0 Å². The monoisotopic (exact) mass is 234 g/mol. The molecule has 2 aliphatic carbocycles. The summed E-state index contributed by atoms with van der Waals surface area (Å²) in [5.74, 6) is 0.399. The molecule has 0 spiro atoms. The van der Waals surface area contributed by atoms with Gasteiger partial charge in [0.25, 0.3) is 0 Å². The number of carbonyl (C=O) groups is 1. The first-order valence-corrected chi connectivity index (χ1v) is 6.52. The lowest BCUT2D eigenvalue weighted by atomic mass is 10.0. The summed E-state index contributed by atoms with van der Waals surface area (Å²) in [5.41, 5.74) is 2.32. The molecule has 0 amide bonds. The second kappa shape index (κ2) is 4.32. The highest BCUT2D eigenvalue weighted by Crippen LogP contribution is 2.61. The van der Waals surface area contributed by atoms with Crippen molar-refractivity contribution in [2.45, 2.75) is 46.5 Å². The van der Waals surface area contributed by atoms with Gasteiger partial charge in [0.1, 0.15) is 0 Å². The number of carboxylic acid groups (broad SMARTS) is 1. The standard InChI is InChI=1S/C15H22O2/c1-10-5-4-6-11(14(16)17)9-13-12(8-7-10)15(13,2)3/h5,9,12-13H,4,6-8H2,1-3H3,(H,16,17)/b10-5+,11-9-. The van der Waals surface area contributed by atoms with E-state index in [4.69, 9.17) is 0 Å². The van der Waals surface area contributed by atoms with Gasteiger partial charge >= 0.3 is 5.97 Å². The number of aliphatic carboxylic acids is 1. The maximum atomic E-state index is 11.2. The number of allylic oxidation sites excluding steroid dienone is 3. The van der Waals surface area contributed by atoms with Gasteiger partial charge in [-0.15, -0.1) is 0 Å². The lowest BCUT2D eigenvalue weighted by molar-refractivity contribution is -0.132. The molecule has 0 aliphatic heterocycles. The van der Waals surface area contributed by atoms with E-state index in [0.717, 1.165) is 6.42 Å². The lowest BCUT2D eigenvalue weighted by Gasteiger charge is -2.05. The molecule has 0 aromatic rings. The van der Waals surface area contributed by atoms with Crippen LogP contribution in [0, 0.1) is 17.3 Å². The molecule has 17 heavy (non-hydrogen) atoms. The molecule has 2 heteroatoms. The molecule has 2 nitrogen and oxygen atoms in total. The number of fused-ring (bicyclic) bond motifs is 1. The Labute approximate surface area is 103 Å². The number of rotatable bonds is 1. The Morgan fingerprint density at radius 3 is 2.76 bits per heavy atom. The fraction of sp³-hybridized carbons (Fsp3) is 0.667. The summed E-state index contributed by atoms with van der Waals surface area (Å²) in [6, 6.07) is 0. The number of hydrogen-bond acceptors (Lipinski definition) is 1. The third-order valence-corrected chi connectivity index (χ3v) is 4.55. The van der Waals surface area contributed by atoms with Crippen molar-refractivity contribution in [1.29, 1.82) is 0 Å². The Morgan fingerprint density at radius 2 is 2.12 bits per heavy atom. The van der Waals surface area contributed by atoms with Crippen molar-refractivity contribution in [2.24, 2.45) is 17.3 Å². The van der Waals surface area contributed by atoms with Crippen LogP contribution in [0.25, 0.3) is 0 Å². The molecule has 1 N–H and O–H groups in total. The SMILES string of the molecule is C/C1=C\CC/C(C(=O)O)=C/C2C(CC1)C2(C)C. The normalized spacial score (nSPS) is 38.1. The smallest absolute Gasteiger partial charge is 0.331 e. The average molecular weight is 234 g/mol. The van der Waals surface area contributed by atoms with Crippen molar-refractivity contribution >= 4 is 5.97 Å². The minimum atomic E-state index is -0.738. The Morgan fingerprint density at radius 1 is 1.41 bits per heavy atom. The molecule has 0 bridgehead atoms. The second-order valence-electron chi connectivity index (χ2n) is 6.08. The van der Waals surface area contributed by atoms with Gasteiger partial charge in [-0.1, -0.05) is 31.6 Å². The van der Waals surface area contributed by atoms with Gasteiger partial charge in [-0.05, 0) is 49.9 Å². The van der Waals surface area contributed by atoms with Crippen molar-refractivity contribution in [3.05, 3.63) is 23.3 Å². The maximum absolute atomic E-state index is 11.2. The molecule has 94 valence electrons. The van der Waals surface area contributed by atoms with Crippen molar-refractivity contribution in [3.63, 3.8) is 0 Å². The summed E-state index contributed by atoms with van der Waals surface area (Å²) in [6.07, 6.45) is 8.13. The predicted molar refractivity (Wildman–Crippen MR) is 68.7 cm³/mol. The van der Waals surface area contributed by atoms with Crippen molar-refractivity contribution in [1.82, 2.24) is 0 Å². The molecule has 2 rings (SSSR count). The van der Waals surface area contributed by atoms with Crippen LogP contribution in [-0.2, 0) is 4.79 Å². The first kappa shape index (κ1) is 12.4. The Hall–Kier alpha value is -1.05. The number of hydrogen-bond donors (Lipinski definition) is 1. The fourth-order valence-corrected chi connectivity index (χ4v) is 3.11. The van der Waals surface area contributed by atoms with Crippen LogP contribution in [0.2, 0.25) is 0 Å². The average Bonchev–Trinajstić information content (AvgIpc) is 2.76. The van der Waals surface area contributed by atoms with Crippen LogP contribution < -0.4 is 0 Å². The second-order valence-corrected chi connectivity index (χ2v) is 6.08. The van der Waals surface area contributed by atoms with Crippen LogP contribution in [0.5, 0.6) is 0 Å². The largest absolute Gasteiger partial charge is 0.478 e. The van der Waals surface area contributed by atoms with Crippen molar-refractivity contribution in [2.75, 3.05) is 0 Å². The molecule has 0 aromatic carbocycles. The van der Waals surface area contributed by atoms with E-state index in [1.807, 2.05) is 6.08 Å². The van der Waals surface area contributed by atoms with E-state index in [0.29, 0.717) is 29.2 Å². The van der Waals surface area contributed by atoms with E-state index >= 15 is 0 Å². The third kappa shape index (κ3) is 2.46. The zero-order valence-corrected chi connectivity index (χ0v) is 11.0. The topological polar surface area (TPSA) is 37.3 Å². The molecule has 0 saturated heterocycles. The lowest BCUT2D eigenvalue weighted by Crippen LogP contribution is -2.02. The Bertz CT molecular complexity index is 388. The van der Waals surface area contributed by atoms with E-state index < -0.39 is 5.97 Å². The van der Waals surface area contributed by atoms with Crippen LogP contribution in [0.15, 0.2) is 23.3 Å². The summed E-state index contributed by atoms with van der Waals surface area (Å²) < 4.78 is 0. The molecular formula is C15H22O2. The third-order valence-electron chi connectivity index (χ3n) is 4.55. The minimum absolute atomic E-state index is 0.297. The van der Waals surface area contributed by atoms with E-state index in [1.54, 1.807) is 0 Å². The molecular weight excluding hydrogens is 212 g/mol.